The highest BCUT2D eigenvalue weighted by molar-refractivity contribution is 7.13. The summed E-state index contributed by atoms with van der Waals surface area (Å²) in [7, 11) is 0. The molecule has 0 aliphatic heterocycles. The molecule has 2 aromatic carbocycles. The summed E-state index contributed by atoms with van der Waals surface area (Å²) in [5.74, 6) is 0.427. The summed E-state index contributed by atoms with van der Waals surface area (Å²) in [4.78, 5) is 39.8. The van der Waals surface area contributed by atoms with Gasteiger partial charge in [0, 0.05) is 17.7 Å². The minimum Gasteiger partial charge on any atom is -0.480 e. The van der Waals surface area contributed by atoms with Gasteiger partial charge in [0.25, 0.3) is 0 Å². The van der Waals surface area contributed by atoms with Gasteiger partial charge >= 0.3 is 12.1 Å². The molecule has 3 N–H and O–H groups in total. The van der Waals surface area contributed by atoms with E-state index >= 15 is 0 Å². The standard InChI is InChI=1S/C25H21N3O5S/c1-2-7-21(23(30)31)27-22(29)12-15-14-34-24(26-15)28-25(32)33-13-20-18-10-5-3-8-16(18)17-9-4-6-11-19(17)20/h1,3-6,8-11,14,20-21H,7,12-13H2,(H,27,29)(H,30,31)(H,26,28,32). The number of hydrogen-bond donors (Lipinski definition) is 3. The van der Waals surface area contributed by atoms with E-state index < -0.39 is 24.0 Å². The zero-order chi connectivity index (χ0) is 24.1. The van der Waals surface area contributed by atoms with Gasteiger partial charge in [-0.2, -0.15) is 0 Å². The number of thiazole rings is 1. The lowest BCUT2D eigenvalue weighted by Crippen LogP contribution is -2.41. The number of ether oxygens (including phenoxy) is 1. The Kier molecular flexibility index (Phi) is 6.90. The Morgan fingerprint density at radius 3 is 2.38 bits per heavy atom. The molecule has 0 fully saturated rings. The summed E-state index contributed by atoms with van der Waals surface area (Å²) < 4.78 is 5.49. The molecule has 1 unspecified atom stereocenters. The monoisotopic (exact) mass is 475 g/mol. The van der Waals surface area contributed by atoms with Crippen molar-refractivity contribution in [3.63, 3.8) is 0 Å². The summed E-state index contributed by atoms with van der Waals surface area (Å²) in [6.45, 7) is 0.173. The van der Waals surface area contributed by atoms with Crippen molar-refractivity contribution in [2.75, 3.05) is 11.9 Å². The lowest BCUT2D eigenvalue weighted by molar-refractivity contribution is -0.141. The summed E-state index contributed by atoms with van der Waals surface area (Å²) in [6, 6.07) is 15.0. The molecule has 4 rings (SSSR count). The molecular formula is C25H21N3O5S. The fraction of sp³-hybridized carbons (Fsp3) is 0.200. The zero-order valence-electron chi connectivity index (χ0n) is 18.0. The van der Waals surface area contributed by atoms with Gasteiger partial charge in [0.05, 0.1) is 12.1 Å². The van der Waals surface area contributed by atoms with E-state index in [2.05, 4.69) is 33.7 Å². The Morgan fingerprint density at radius 2 is 1.76 bits per heavy atom. The van der Waals surface area contributed by atoms with E-state index in [1.807, 2.05) is 36.4 Å². The molecule has 9 heteroatoms. The fourth-order valence-corrected chi connectivity index (χ4v) is 4.59. The van der Waals surface area contributed by atoms with Gasteiger partial charge in [0.2, 0.25) is 5.91 Å². The number of anilines is 1. The van der Waals surface area contributed by atoms with Crippen molar-refractivity contribution in [1.82, 2.24) is 10.3 Å². The Hall–Kier alpha value is -4.16. The fourth-order valence-electron chi connectivity index (χ4n) is 3.90. The van der Waals surface area contributed by atoms with Crippen LogP contribution >= 0.6 is 11.3 Å². The third-order valence-electron chi connectivity index (χ3n) is 5.40. The van der Waals surface area contributed by atoms with Crippen LogP contribution in [-0.4, -0.2) is 40.7 Å². The quantitative estimate of drug-likeness (QED) is 0.428. The van der Waals surface area contributed by atoms with Crippen LogP contribution in [0, 0.1) is 12.3 Å². The van der Waals surface area contributed by atoms with Crippen molar-refractivity contribution in [2.45, 2.75) is 24.8 Å². The number of aliphatic carboxylic acids is 1. The zero-order valence-corrected chi connectivity index (χ0v) is 18.8. The van der Waals surface area contributed by atoms with Gasteiger partial charge in [0.1, 0.15) is 12.6 Å². The van der Waals surface area contributed by atoms with Crippen molar-refractivity contribution < 1.29 is 24.2 Å². The number of hydrogen-bond acceptors (Lipinski definition) is 6. The van der Waals surface area contributed by atoms with E-state index in [0.29, 0.717) is 5.69 Å². The third kappa shape index (κ3) is 5.08. The normalized spacial score (nSPS) is 12.7. The maximum atomic E-state index is 12.4. The lowest BCUT2D eigenvalue weighted by atomic mass is 9.98. The van der Waals surface area contributed by atoms with Crippen molar-refractivity contribution in [3.05, 3.63) is 70.7 Å². The number of amides is 2. The Morgan fingerprint density at radius 1 is 1.12 bits per heavy atom. The van der Waals surface area contributed by atoms with E-state index in [9.17, 15) is 14.4 Å². The molecule has 1 atom stereocenters. The molecule has 34 heavy (non-hydrogen) atoms. The van der Waals surface area contributed by atoms with Gasteiger partial charge in [-0.15, -0.1) is 23.7 Å². The van der Waals surface area contributed by atoms with E-state index in [0.717, 1.165) is 33.6 Å². The minimum absolute atomic E-state index is 0.0566. The van der Waals surface area contributed by atoms with Crippen molar-refractivity contribution >= 4 is 34.4 Å². The number of fused-ring (bicyclic) bond motifs is 3. The maximum absolute atomic E-state index is 12.4. The molecule has 172 valence electrons. The largest absolute Gasteiger partial charge is 0.480 e. The van der Waals surface area contributed by atoms with Crippen molar-refractivity contribution in [2.24, 2.45) is 0 Å². The number of terminal acetylenes is 1. The number of aromatic nitrogens is 1. The SMILES string of the molecule is C#CCC(NC(=O)Cc1csc(NC(=O)OCC2c3ccccc3-c3ccccc32)n1)C(=O)O. The van der Waals surface area contributed by atoms with Gasteiger partial charge in [0.15, 0.2) is 5.13 Å². The van der Waals surface area contributed by atoms with Crippen LogP contribution in [0.25, 0.3) is 11.1 Å². The number of carbonyl (C=O) groups excluding carboxylic acids is 2. The van der Waals surface area contributed by atoms with E-state index in [1.54, 1.807) is 5.38 Å². The van der Waals surface area contributed by atoms with Gasteiger partial charge < -0.3 is 15.2 Å². The average Bonchev–Trinajstić information content (AvgIpc) is 3.39. The number of carboxylic acids is 1. The highest BCUT2D eigenvalue weighted by atomic mass is 32.1. The molecule has 0 saturated heterocycles. The van der Waals surface area contributed by atoms with Gasteiger partial charge in [-0.3, -0.25) is 10.1 Å². The first kappa shape index (κ1) is 23.0. The molecule has 0 radical (unpaired) electrons. The number of benzene rings is 2. The first-order chi connectivity index (χ1) is 16.5. The van der Waals surface area contributed by atoms with Crippen LogP contribution in [-0.2, 0) is 20.7 Å². The molecule has 8 nitrogen and oxygen atoms in total. The van der Waals surface area contributed by atoms with Gasteiger partial charge in [-0.05, 0) is 22.3 Å². The summed E-state index contributed by atoms with van der Waals surface area (Å²) >= 11 is 1.14. The molecule has 0 saturated carbocycles. The van der Waals surface area contributed by atoms with Crippen molar-refractivity contribution in [1.29, 1.82) is 0 Å². The molecule has 1 aromatic heterocycles. The Balaban J connectivity index is 1.32. The van der Waals surface area contributed by atoms with Crippen LogP contribution in [0.2, 0.25) is 0 Å². The summed E-state index contributed by atoms with van der Waals surface area (Å²) in [5, 5.41) is 15.9. The Labute approximate surface area is 200 Å². The predicted octanol–water partition coefficient (Wildman–Crippen LogP) is 3.64. The lowest BCUT2D eigenvalue weighted by Gasteiger charge is -2.14. The van der Waals surface area contributed by atoms with Crippen molar-refractivity contribution in [3.8, 4) is 23.5 Å². The molecular weight excluding hydrogens is 454 g/mol. The van der Waals surface area contributed by atoms with Crippen LogP contribution < -0.4 is 10.6 Å². The smallest absolute Gasteiger partial charge is 0.413 e. The molecule has 1 aliphatic carbocycles. The predicted molar refractivity (Wildman–Crippen MR) is 128 cm³/mol. The van der Waals surface area contributed by atoms with E-state index in [4.69, 9.17) is 16.3 Å². The van der Waals surface area contributed by atoms with Gasteiger partial charge in [-0.1, -0.05) is 48.5 Å². The molecule has 3 aromatic rings. The minimum atomic E-state index is -1.21. The number of rotatable bonds is 8. The summed E-state index contributed by atoms with van der Waals surface area (Å²) in [6.07, 6.45) is 4.22. The first-order valence-electron chi connectivity index (χ1n) is 10.5. The van der Waals surface area contributed by atoms with E-state index in [1.165, 1.54) is 0 Å². The second-order valence-electron chi connectivity index (χ2n) is 7.64. The number of carbonyl (C=O) groups is 3. The topological polar surface area (TPSA) is 118 Å². The number of carboxylic acid groups (broad SMARTS) is 1. The molecule has 1 aliphatic rings. The third-order valence-corrected chi connectivity index (χ3v) is 6.21. The Bertz CT molecular complexity index is 1230. The van der Waals surface area contributed by atoms with Crippen LogP contribution in [0.4, 0.5) is 9.93 Å². The van der Waals surface area contributed by atoms with Crippen LogP contribution in [0.15, 0.2) is 53.9 Å². The summed E-state index contributed by atoms with van der Waals surface area (Å²) in [5.41, 5.74) is 4.90. The molecule has 0 spiro atoms. The van der Waals surface area contributed by atoms with Crippen LogP contribution in [0.3, 0.4) is 0 Å². The maximum Gasteiger partial charge on any atom is 0.413 e. The van der Waals surface area contributed by atoms with Crippen LogP contribution in [0.1, 0.15) is 29.2 Å². The average molecular weight is 476 g/mol. The van der Waals surface area contributed by atoms with Crippen LogP contribution in [0.5, 0.6) is 0 Å². The van der Waals surface area contributed by atoms with E-state index in [-0.39, 0.29) is 30.5 Å². The van der Waals surface area contributed by atoms with Gasteiger partial charge in [-0.25, -0.2) is 14.6 Å². The second-order valence-corrected chi connectivity index (χ2v) is 8.50. The second kappa shape index (κ2) is 10.2. The molecule has 0 bridgehead atoms. The first-order valence-corrected chi connectivity index (χ1v) is 11.4. The number of nitrogens with zero attached hydrogens (tertiary/aromatic N) is 1. The highest BCUT2D eigenvalue weighted by Crippen LogP contribution is 2.44. The molecule has 1 heterocycles. The number of nitrogens with one attached hydrogen (secondary N) is 2. The highest BCUT2D eigenvalue weighted by Gasteiger charge is 2.29. The molecule has 2 amide bonds.